The van der Waals surface area contributed by atoms with Gasteiger partial charge in [0.1, 0.15) is 5.82 Å². The molecule has 1 aliphatic rings. The van der Waals surface area contributed by atoms with Crippen molar-refractivity contribution in [1.82, 2.24) is 9.55 Å². The first-order valence-electron chi connectivity index (χ1n) is 22.6. The molecule has 0 saturated heterocycles. The smallest absolute Gasteiger partial charge is 0.135 e. The van der Waals surface area contributed by atoms with Crippen molar-refractivity contribution in [2.45, 2.75) is 78.6 Å². The van der Waals surface area contributed by atoms with E-state index in [9.17, 15) is 0 Å². The van der Waals surface area contributed by atoms with Gasteiger partial charge in [0, 0.05) is 66.9 Å². The van der Waals surface area contributed by atoms with E-state index in [1.165, 1.54) is 33.4 Å². The normalized spacial score (nSPS) is 13.0. The topological polar surface area (TPSA) is 33.5 Å². The van der Waals surface area contributed by atoms with Crippen molar-refractivity contribution in [2.75, 3.05) is 9.80 Å². The zero-order valence-corrected chi connectivity index (χ0v) is 41.5. The van der Waals surface area contributed by atoms with Gasteiger partial charge < -0.3 is 19.1 Å². The van der Waals surface area contributed by atoms with E-state index in [1.807, 2.05) is 24.4 Å². The largest absolute Gasteiger partial charge is 0.509 e. The second-order valence-corrected chi connectivity index (χ2v) is 20.3. The van der Waals surface area contributed by atoms with Crippen molar-refractivity contribution in [1.29, 1.82) is 0 Å². The van der Waals surface area contributed by atoms with Crippen LogP contribution in [0.4, 0.5) is 22.7 Å². The molecule has 0 N–H and O–H groups in total. The molecule has 0 spiro atoms. The molecule has 0 aliphatic carbocycles. The average molecular weight is 1040 g/mol. The molecule has 66 heavy (non-hydrogen) atoms. The van der Waals surface area contributed by atoms with Crippen molar-refractivity contribution in [3.8, 4) is 39.6 Å². The van der Waals surface area contributed by atoms with Crippen LogP contribution in [0.3, 0.4) is 0 Å². The molecule has 334 valence electrons. The molecule has 6 heteroatoms. The summed E-state index contributed by atoms with van der Waals surface area (Å²) in [4.78, 5) is 9.46. The van der Waals surface area contributed by atoms with Gasteiger partial charge in [0.2, 0.25) is 0 Å². The summed E-state index contributed by atoms with van der Waals surface area (Å²) in [6.07, 6.45) is 1.91. The Hall–Kier alpha value is -6.42. The van der Waals surface area contributed by atoms with Crippen molar-refractivity contribution in [3.63, 3.8) is 0 Å². The van der Waals surface area contributed by atoms with E-state index in [1.54, 1.807) is 0 Å². The van der Waals surface area contributed by atoms with Crippen molar-refractivity contribution in [3.05, 3.63) is 199 Å². The summed E-state index contributed by atoms with van der Waals surface area (Å²) in [6.45, 7) is 22.5. The molecule has 3 heterocycles. The van der Waals surface area contributed by atoms with Crippen LogP contribution in [0.1, 0.15) is 79.0 Å². The number of benzene rings is 7. The molecule has 1 aliphatic heterocycles. The minimum atomic E-state index is -0.0444. The third kappa shape index (κ3) is 8.46. The summed E-state index contributed by atoms with van der Waals surface area (Å²) >= 11 is 0. The number of rotatable bonds is 7. The number of ether oxygens (including phenoxy) is 1. The van der Waals surface area contributed by atoms with Gasteiger partial charge in [-0.3, -0.25) is 0 Å². The molecule has 0 saturated carbocycles. The van der Waals surface area contributed by atoms with Crippen molar-refractivity contribution in [2.24, 2.45) is 0 Å². The third-order valence-electron chi connectivity index (χ3n) is 12.6. The fraction of sp³-hybridized carbons (Fsp3) is 0.200. The first kappa shape index (κ1) is 44.8. The predicted molar refractivity (Wildman–Crippen MR) is 271 cm³/mol. The van der Waals surface area contributed by atoms with Gasteiger partial charge in [-0.05, 0) is 91.4 Å². The summed E-state index contributed by atoms with van der Waals surface area (Å²) in [6, 6.07) is 63.6. The van der Waals surface area contributed by atoms with Gasteiger partial charge >= 0.3 is 0 Å². The second kappa shape index (κ2) is 17.1. The minimum absolute atomic E-state index is 0. The van der Waals surface area contributed by atoms with E-state index in [0.717, 1.165) is 55.9 Å². The molecule has 0 unspecified atom stereocenters. The van der Waals surface area contributed by atoms with Crippen LogP contribution in [-0.4, -0.2) is 9.55 Å². The Morgan fingerprint density at radius 3 is 1.83 bits per heavy atom. The molecular formula is C60H55N4OPt-3. The van der Waals surface area contributed by atoms with Crippen LogP contribution in [0.5, 0.6) is 11.5 Å². The zero-order chi connectivity index (χ0) is 45.3. The SMILES string of the molecule is CC(C)(C)c1ccc(-c2ccc(C(C)(C)C)cc2N2[CH-]N(c3[c-]c(Oc4[c-]c5c(cc4)c4cc(-c6ccccc6)ccc4n5-c4cc(C(C)(C)C)ccn4)ccc3)c3ccccc32)cc1.[Pt]. The Kier molecular flexibility index (Phi) is 11.6. The summed E-state index contributed by atoms with van der Waals surface area (Å²) in [5, 5.41) is 2.21. The predicted octanol–water partition coefficient (Wildman–Crippen LogP) is 16.2. The van der Waals surface area contributed by atoms with E-state index < -0.39 is 0 Å². The average Bonchev–Trinajstić information content (AvgIpc) is 3.84. The number of hydrogen-bond donors (Lipinski definition) is 0. The van der Waals surface area contributed by atoms with E-state index in [0.29, 0.717) is 11.5 Å². The molecule has 0 bridgehead atoms. The number of hydrogen-bond acceptors (Lipinski definition) is 4. The summed E-state index contributed by atoms with van der Waals surface area (Å²) in [5.74, 6) is 2.04. The Balaban J connectivity index is 0.00000548. The van der Waals surface area contributed by atoms with E-state index in [-0.39, 0.29) is 37.3 Å². The number of nitrogens with zero attached hydrogens (tertiary/aromatic N) is 4. The van der Waals surface area contributed by atoms with Crippen LogP contribution in [0.15, 0.2) is 164 Å². The monoisotopic (exact) mass is 1040 g/mol. The van der Waals surface area contributed by atoms with Crippen LogP contribution >= 0.6 is 0 Å². The van der Waals surface area contributed by atoms with E-state index in [4.69, 9.17) is 9.72 Å². The summed E-state index contributed by atoms with van der Waals surface area (Å²) < 4.78 is 8.93. The van der Waals surface area contributed by atoms with Gasteiger partial charge in [-0.15, -0.1) is 48.1 Å². The molecule has 2 aromatic heterocycles. The number of pyridine rings is 1. The van der Waals surface area contributed by atoms with Crippen molar-refractivity contribution >= 4 is 44.6 Å². The second-order valence-electron chi connectivity index (χ2n) is 20.3. The van der Waals surface area contributed by atoms with Crippen LogP contribution in [0.25, 0.3) is 49.9 Å². The standard InChI is InChI=1S/C60H55N4O.Pt/c1-58(2,3)43-25-22-41(23-26-43)49-29-27-44(59(4,5)6)35-55(49)63-39-62(53-20-13-14-21-54(53)63)46-18-15-19-47(37-46)65-48-28-30-50-51-34-42(40-16-11-10-12-17-40)24-31-52(51)64(56(50)38-48)57-36-45(32-33-61-57)60(7,8)9;/h10-36,39H,1-9H3;/q-3;. The van der Waals surface area contributed by atoms with E-state index >= 15 is 0 Å². The maximum absolute atomic E-state index is 6.71. The Morgan fingerprint density at radius 2 is 1.12 bits per heavy atom. The first-order chi connectivity index (χ1) is 31.1. The molecule has 7 aromatic carbocycles. The number of anilines is 4. The summed E-state index contributed by atoms with van der Waals surface area (Å²) in [7, 11) is 0. The molecule has 0 radical (unpaired) electrons. The van der Waals surface area contributed by atoms with Gasteiger partial charge in [-0.2, -0.15) is 12.1 Å². The molecular weight excluding hydrogens is 988 g/mol. The first-order valence-corrected chi connectivity index (χ1v) is 22.6. The number of aromatic nitrogens is 2. The van der Waals surface area contributed by atoms with Crippen LogP contribution in [0.2, 0.25) is 0 Å². The molecule has 9 aromatic rings. The number of para-hydroxylation sites is 2. The summed E-state index contributed by atoms with van der Waals surface area (Å²) in [5.41, 5.74) is 14.6. The molecule has 10 rings (SSSR count). The van der Waals surface area contributed by atoms with Crippen LogP contribution in [-0.2, 0) is 37.3 Å². The Morgan fingerprint density at radius 1 is 0.485 bits per heavy atom. The van der Waals surface area contributed by atoms with Gasteiger partial charge in [-0.25, -0.2) is 4.98 Å². The number of fused-ring (bicyclic) bond motifs is 4. The maximum Gasteiger partial charge on any atom is 0.135 e. The third-order valence-corrected chi connectivity index (χ3v) is 12.6. The van der Waals surface area contributed by atoms with E-state index in [2.05, 4.69) is 235 Å². The Labute approximate surface area is 405 Å². The fourth-order valence-corrected chi connectivity index (χ4v) is 8.88. The van der Waals surface area contributed by atoms with Crippen molar-refractivity contribution < 1.29 is 25.8 Å². The van der Waals surface area contributed by atoms with Gasteiger partial charge in [-0.1, -0.05) is 159 Å². The maximum atomic E-state index is 6.71. The Bertz CT molecular complexity index is 3220. The fourth-order valence-electron chi connectivity index (χ4n) is 8.88. The zero-order valence-electron chi connectivity index (χ0n) is 39.2. The van der Waals surface area contributed by atoms with Gasteiger partial charge in [0.15, 0.2) is 0 Å². The molecule has 5 nitrogen and oxygen atoms in total. The van der Waals surface area contributed by atoms with Crippen LogP contribution < -0.4 is 14.5 Å². The molecule has 0 atom stereocenters. The minimum Gasteiger partial charge on any atom is -0.509 e. The van der Waals surface area contributed by atoms with Crippen LogP contribution in [0, 0.1) is 18.8 Å². The van der Waals surface area contributed by atoms with Gasteiger partial charge in [0.25, 0.3) is 0 Å². The molecule has 0 fully saturated rings. The van der Waals surface area contributed by atoms with Gasteiger partial charge in [0.05, 0.1) is 0 Å². The quantitative estimate of drug-likeness (QED) is 0.149. The molecule has 0 amide bonds.